The first-order valence-corrected chi connectivity index (χ1v) is 9.71. The summed E-state index contributed by atoms with van der Waals surface area (Å²) in [7, 11) is -4.33. The van der Waals surface area contributed by atoms with Gasteiger partial charge in [0.05, 0.1) is 17.2 Å². The molecule has 0 atom stereocenters. The number of sulfonamides is 1. The van der Waals surface area contributed by atoms with Crippen molar-refractivity contribution in [3.8, 4) is 6.07 Å². The molecular weight excluding hydrogens is 350 g/mol. The maximum Gasteiger partial charge on any atom is 0.329 e. The van der Waals surface area contributed by atoms with Gasteiger partial charge >= 0.3 is 11.8 Å². The number of rotatable bonds is 6. The number of hydrogen-bond acceptors (Lipinski definition) is 4. The molecule has 1 saturated carbocycles. The molecule has 1 N–H and O–H groups in total. The number of amides is 1. The summed E-state index contributed by atoms with van der Waals surface area (Å²) in [6.07, 6.45) is 2.21. The number of benzene rings is 1. The maximum absolute atomic E-state index is 14.0. The first-order chi connectivity index (χ1) is 11.7. The van der Waals surface area contributed by atoms with Crippen LogP contribution < -0.4 is 4.72 Å². The highest BCUT2D eigenvalue weighted by atomic mass is 32.2. The normalized spacial score (nSPS) is 17.5. The molecule has 2 rings (SSSR count). The summed E-state index contributed by atoms with van der Waals surface area (Å²) in [5, 5.41) is 9.32. The lowest BCUT2D eigenvalue weighted by Gasteiger charge is -2.30. The molecular formula is C17H20F2N2O3S. The standard InChI is InChI=1S/C17H20F2N2O3S/c18-17(19,11-14-7-3-1-4-8-14)15(22)21-25(23,24)13-16(12-20)9-5-2-6-10-16/h1,3-4,7-8H,2,5-6,9-11,13H2,(H,21,22). The predicted octanol–water partition coefficient (Wildman–Crippen LogP) is 2.78. The Kier molecular flexibility index (Phi) is 5.78. The molecule has 5 nitrogen and oxygen atoms in total. The zero-order valence-electron chi connectivity index (χ0n) is 13.7. The molecule has 0 aromatic heterocycles. The molecule has 0 unspecified atom stereocenters. The van der Waals surface area contributed by atoms with Crippen LogP contribution in [0.1, 0.15) is 37.7 Å². The zero-order valence-corrected chi connectivity index (χ0v) is 14.5. The quantitative estimate of drug-likeness (QED) is 0.834. The molecule has 8 heteroatoms. The third kappa shape index (κ3) is 5.23. The van der Waals surface area contributed by atoms with Crippen molar-refractivity contribution >= 4 is 15.9 Å². The van der Waals surface area contributed by atoms with E-state index in [2.05, 4.69) is 0 Å². The predicted molar refractivity (Wildman–Crippen MR) is 88.2 cm³/mol. The molecule has 0 radical (unpaired) electrons. The second-order valence-electron chi connectivity index (χ2n) is 6.51. The number of hydrogen-bond donors (Lipinski definition) is 1. The summed E-state index contributed by atoms with van der Waals surface area (Å²) in [5.41, 5.74) is -0.889. The SMILES string of the molecule is N#CC1(CS(=O)(=O)NC(=O)C(F)(F)Cc2ccccc2)CCCCC1. The summed E-state index contributed by atoms with van der Waals surface area (Å²) >= 11 is 0. The molecule has 1 aromatic carbocycles. The van der Waals surface area contributed by atoms with Crippen molar-refractivity contribution in [2.45, 2.75) is 44.4 Å². The monoisotopic (exact) mass is 370 g/mol. The lowest BCUT2D eigenvalue weighted by molar-refractivity contribution is -0.143. The van der Waals surface area contributed by atoms with Gasteiger partial charge in [0.1, 0.15) is 0 Å². The number of alkyl halides is 2. The van der Waals surface area contributed by atoms with Crippen molar-refractivity contribution in [3.63, 3.8) is 0 Å². The van der Waals surface area contributed by atoms with E-state index < -0.39 is 39.4 Å². The number of nitriles is 1. The van der Waals surface area contributed by atoms with Crippen LogP contribution in [0, 0.1) is 16.7 Å². The van der Waals surface area contributed by atoms with E-state index in [1.54, 1.807) is 18.2 Å². The van der Waals surface area contributed by atoms with Gasteiger partial charge < -0.3 is 0 Å². The van der Waals surface area contributed by atoms with E-state index in [-0.39, 0.29) is 5.56 Å². The van der Waals surface area contributed by atoms with Gasteiger partial charge in [-0.3, -0.25) is 4.79 Å². The molecule has 0 saturated heterocycles. The van der Waals surface area contributed by atoms with Gasteiger partial charge in [-0.1, -0.05) is 49.6 Å². The average molecular weight is 370 g/mol. The number of carbonyl (C=O) groups excluding carboxylic acids is 1. The van der Waals surface area contributed by atoms with E-state index in [4.69, 9.17) is 0 Å². The van der Waals surface area contributed by atoms with Crippen LogP contribution >= 0.6 is 0 Å². The van der Waals surface area contributed by atoms with E-state index in [0.717, 1.165) is 6.42 Å². The van der Waals surface area contributed by atoms with Gasteiger partial charge in [0.25, 0.3) is 0 Å². The second-order valence-corrected chi connectivity index (χ2v) is 8.23. The molecule has 1 aliphatic carbocycles. The fourth-order valence-electron chi connectivity index (χ4n) is 3.07. The van der Waals surface area contributed by atoms with Crippen LogP contribution in [0.15, 0.2) is 30.3 Å². The molecule has 0 bridgehead atoms. The Hall–Kier alpha value is -2.01. The van der Waals surface area contributed by atoms with Crippen LogP contribution in [0.2, 0.25) is 0 Å². The number of nitrogens with one attached hydrogen (secondary N) is 1. The van der Waals surface area contributed by atoms with Gasteiger partial charge in [0, 0.05) is 6.42 Å². The van der Waals surface area contributed by atoms with Gasteiger partial charge in [0.15, 0.2) is 0 Å². The number of carbonyl (C=O) groups is 1. The van der Waals surface area contributed by atoms with Crippen molar-refractivity contribution < 1.29 is 22.0 Å². The molecule has 136 valence electrons. The Bertz CT molecular complexity index is 752. The van der Waals surface area contributed by atoms with Gasteiger partial charge in [-0.2, -0.15) is 14.0 Å². The van der Waals surface area contributed by atoms with Crippen molar-refractivity contribution in [2.75, 3.05) is 5.75 Å². The Labute approximate surface area is 146 Å². The van der Waals surface area contributed by atoms with Crippen LogP contribution in [-0.4, -0.2) is 26.0 Å². The lowest BCUT2D eigenvalue weighted by atomic mass is 9.77. The molecule has 1 amide bonds. The van der Waals surface area contributed by atoms with Gasteiger partial charge in [-0.15, -0.1) is 0 Å². The smallest absolute Gasteiger partial charge is 0.267 e. The van der Waals surface area contributed by atoms with Crippen LogP contribution in [0.5, 0.6) is 0 Å². The molecule has 25 heavy (non-hydrogen) atoms. The lowest BCUT2D eigenvalue weighted by Crippen LogP contribution is -2.47. The summed E-state index contributed by atoms with van der Waals surface area (Å²) in [5.74, 6) is -6.36. The summed E-state index contributed by atoms with van der Waals surface area (Å²) in [6.45, 7) is 0. The molecule has 1 aromatic rings. The Balaban J connectivity index is 2.06. The van der Waals surface area contributed by atoms with Crippen LogP contribution in [0.25, 0.3) is 0 Å². The van der Waals surface area contributed by atoms with Crippen molar-refractivity contribution in [3.05, 3.63) is 35.9 Å². The van der Waals surface area contributed by atoms with Gasteiger partial charge in [-0.05, 0) is 18.4 Å². The van der Waals surface area contributed by atoms with Crippen molar-refractivity contribution in [1.82, 2.24) is 4.72 Å². The van der Waals surface area contributed by atoms with Gasteiger partial charge in [-0.25, -0.2) is 13.1 Å². The summed E-state index contributed by atoms with van der Waals surface area (Å²) < 4.78 is 53.9. The van der Waals surface area contributed by atoms with E-state index in [9.17, 15) is 27.3 Å². The highest BCUT2D eigenvalue weighted by Gasteiger charge is 2.43. The zero-order chi connectivity index (χ0) is 18.6. The number of nitrogens with zero attached hydrogens (tertiary/aromatic N) is 1. The summed E-state index contributed by atoms with van der Waals surface area (Å²) in [4.78, 5) is 11.8. The van der Waals surface area contributed by atoms with Crippen molar-refractivity contribution in [1.29, 1.82) is 5.26 Å². The highest BCUT2D eigenvalue weighted by molar-refractivity contribution is 7.90. The first-order valence-electron chi connectivity index (χ1n) is 8.06. The van der Waals surface area contributed by atoms with E-state index in [1.165, 1.54) is 16.9 Å². The third-order valence-electron chi connectivity index (χ3n) is 4.36. The first kappa shape index (κ1) is 19.3. The van der Waals surface area contributed by atoms with Crippen LogP contribution in [-0.2, 0) is 21.2 Å². The van der Waals surface area contributed by atoms with Crippen LogP contribution in [0.3, 0.4) is 0 Å². The highest BCUT2D eigenvalue weighted by Crippen LogP contribution is 2.36. The van der Waals surface area contributed by atoms with E-state index in [1.807, 2.05) is 6.07 Å². The third-order valence-corrected chi connectivity index (χ3v) is 5.79. The molecule has 1 aliphatic rings. The maximum atomic E-state index is 14.0. The van der Waals surface area contributed by atoms with Crippen molar-refractivity contribution in [2.24, 2.45) is 5.41 Å². The topological polar surface area (TPSA) is 87.0 Å². The molecule has 0 aliphatic heterocycles. The minimum atomic E-state index is -4.33. The number of halogens is 2. The minimum absolute atomic E-state index is 0.223. The Morgan fingerprint density at radius 3 is 2.36 bits per heavy atom. The average Bonchev–Trinajstić information content (AvgIpc) is 2.55. The van der Waals surface area contributed by atoms with Gasteiger partial charge in [0.2, 0.25) is 10.0 Å². The van der Waals surface area contributed by atoms with Crippen LogP contribution in [0.4, 0.5) is 8.78 Å². The molecule has 0 heterocycles. The molecule has 0 spiro atoms. The Morgan fingerprint density at radius 2 is 1.80 bits per heavy atom. The van der Waals surface area contributed by atoms with E-state index >= 15 is 0 Å². The fourth-order valence-corrected chi connectivity index (χ4v) is 4.65. The minimum Gasteiger partial charge on any atom is -0.267 e. The Morgan fingerprint density at radius 1 is 1.20 bits per heavy atom. The fraction of sp³-hybridized carbons (Fsp3) is 0.529. The summed E-state index contributed by atoms with van der Waals surface area (Å²) in [6, 6.07) is 9.63. The molecule has 1 fully saturated rings. The van der Waals surface area contributed by atoms with E-state index in [0.29, 0.717) is 25.7 Å². The second kappa shape index (κ2) is 7.48. The largest absolute Gasteiger partial charge is 0.329 e.